The molecule has 0 aromatic heterocycles. The highest BCUT2D eigenvalue weighted by Crippen LogP contribution is 2.24. The van der Waals surface area contributed by atoms with E-state index in [1.54, 1.807) is 0 Å². The van der Waals surface area contributed by atoms with Gasteiger partial charge >= 0.3 is 5.97 Å². The van der Waals surface area contributed by atoms with E-state index in [9.17, 15) is 4.79 Å². The first-order chi connectivity index (χ1) is 6.06. The standard InChI is InChI=1S/C9H17NO3/c1-9(10,6-8(11)12-2)7-4-3-5-13-7/h7H,3-6,10H2,1-2H3. The Labute approximate surface area is 78.4 Å². The molecule has 0 aromatic rings. The molecule has 1 fully saturated rings. The van der Waals surface area contributed by atoms with Crippen molar-refractivity contribution in [1.82, 2.24) is 0 Å². The zero-order valence-electron chi connectivity index (χ0n) is 8.21. The van der Waals surface area contributed by atoms with Gasteiger partial charge in [-0.2, -0.15) is 0 Å². The van der Waals surface area contributed by atoms with Crippen LogP contribution in [0.5, 0.6) is 0 Å². The molecule has 2 unspecified atom stereocenters. The number of carbonyl (C=O) groups excluding carboxylic acids is 1. The summed E-state index contributed by atoms with van der Waals surface area (Å²) in [5.41, 5.74) is 5.38. The third kappa shape index (κ3) is 2.67. The Hall–Kier alpha value is -0.610. The van der Waals surface area contributed by atoms with E-state index in [2.05, 4.69) is 4.74 Å². The lowest BCUT2D eigenvalue weighted by Crippen LogP contribution is -2.49. The maximum Gasteiger partial charge on any atom is 0.307 e. The number of methoxy groups -OCH3 is 1. The van der Waals surface area contributed by atoms with Crippen LogP contribution >= 0.6 is 0 Å². The van der Waals surface area contributed by atoms with E-state index in [1.165, 1.54) is 7.11 Å². The first-order valence-corrected chi connectivity index (χ1v) is 4.53. The fourth-order valence-corrected chi connectivity index (χ4v) is 1.59. The van der Waals surface area contributed by atoms with Crippen molar-refractivity contribution in [2.45, 2.75) is 37.8 Å². The lowest BCUT2D eigenvalue weighted by atomic mass is 9.90. The van der Waals surface area contributed by atoms with Gasteiger partial charge in [-0.05, 0) is 19.8 Å². The molecule has 4 nitrogen and oxygen atoms in total. The Morgan fingerprint density at radius 2 is 2.46 bits per heavy atom. The molecule has 1 saturated heterocycles. The number of carbonyl (C=O) groups is 1. The largest absolute Gasteiger partial charge is 0.469 e. The molecule has 0 amide bonds. The van der Waals surface area contributed by atoms with E-state index >= 15 is 0 Å². The van der Waals surface area contributed by atoms with Gasteiger partial charge in [0.25, 0.3) is 0 Å². The molecule has 0 bridgehead atoms. The van der Waals surface area contributed by atoms with Crippen LogP contribution in [0, 0.1) is 0 Å². The van der Waals surface area contributed by atoms with Crippen molar-refractivity contribution in [1.29, 1.82) is 0 Å². The van der Waals surface area contributed by atoms with E-state index in [0.717, 1.165) is 19.4 Å². The molecular formula is C9H17NO3. The van der Waals surface area contributed by atoms with Gasteiger partial charge in [-0.3, -0.25) is 4.79 Å². The SMILES string of the molecule is COC(=O)CC(C)(N)C1CCCO1. The molecule has 76 valence electrons. The number of rotatable bonds is 3. The molecule has 1 aliphatic heterocycles. The van der Waals surface area contributed by atoms with E-state index in [-0.39, 0.29) is 18.5 Å². The summed E-state index contributed by atoms with van der Waals surface area (Å²) in [6.45, 7) is 2.58. The zero-order valence-corrected chi connectivity index (χ0v) is 8.21. The molecular weight excluding hydrogens is 170 g/mol. The van der Waals surface area contributed by atoms with Crippen LogP contribution in [-0.2, 0) is 14.3 Å². The van der Waals surface area contributed by atoms with Gasteiger partial charge in [0, 0.05) is 12.1 Å². The van der Waals surface area contributed by atoms with Crippen molar-refractivity contribution < 1.29 is 14.3 Å². The van der Waals surface area contributed by atoms with E-state index < -0.39 is 5.54 Å². The highest BCUT2D eigenvalue weighted by Gasteiger charge is 2.35. The van der Waals surface area contributed by atoms with Gasteiger partial charge in [0.15, 0.2) is 0 Å². The first-order valence-electron chi connectivity index (χ1n) is 4.53. The second-order valence-corrected chi connectivity index (χ2v) is 3.76. The Kier molecular flexibility index (Phi) is 3.27. The molecule has 0 aliphatic carbocycles. The predicted octanol–water partition coefficient (Wildman–Crippen LogP) is 0.446. The molecule has 1 rings (SSSR count). The quantitative estimate of drug-likeness (QED) is 0.651. The number of hydrogen-bond donors (Lipinski definition) is 1. The molecule has 0 aromatic carbocycles. The summed E-state index contributed by atoms with van der Waals surface area (Å²) in [6, 6.07) is 0. The van der Waals surface area contributed by atoms with Crippen LogP contribution < -0.4 is 5.73 Å². The van der Waals surface area contributed by atoms with Crippen LogP contribution in [0.25, 0.3) is 0 Å². The number of hydrogen-bond acceptors (Lipinski definition) is 4. The van der Waals surface area contributed by atoms with E-state index in [1.807, 2.05) is 6.92 Å². The summed E-state index contributed by atoms with van der Waals surface area (Å²) in [6.07, 6.45) is 2.17. The molecule has 1 heterocycles. The van der Waals surface area contributed by atoms with Crippen molar-refractivity contribution >= 4 is 5.97 Å². The monoisotopic (exact) mass is 187 g/mol. The summed E-state index contributed by atoms with van der Waals surface area (Å²) in [5.74, 6) is -0.277. The molecule has 4 heteroatoms. The fraction of sp³-hybridized carbons (Fsp3) is 0.889. The average molecular weight is 187 g/mol. The van der Waals surface area contributed by atoms with E-state index in [0.29, 0.717) is 0 Å². The van der Waals surface area contributed by atoms with E-state index in [4.69, 9.17) is 10.5 Å². The minimum Gasteiger partial charge on any atom is -0.469 e. The number of nitrogens with two attached hydrogens (primary N) is 1. The number of ether oxygens (including phenoxy) is 2. The molecule has 2 atom stereocenters. The lowest BCUT2D eigenvalue weighted by molar-refractivity contribution is -0.143. The van der Waals surface area contributed by atoms with Crippen LogP contribution in [0.4, 0.5) is 0 Å². The highest BCUT2D eigenvalue weighted by molar-refractivity contribution is 5.70. The fourth-order valence-electron chi connectivity index (χ4n) is 1.59. The molecule has 0 radical (unpaired) electrons. The van der Waals surface area contributed by atoms with Crippen LogP contribution in [0.15, 0.2) is 0 Å². The van der Waals surface area contributed by atoms with Crippen LogP contribution in [0.2, 0.25) is 0 Å². The minimum atomic E-state index is -0.594. The summed E-state index contributed by atoms with van der Waals surface area (Å²) >= 11 is 0. The zero-order chi connectivity index (χ0) is 9.90. The summed E-state index contributed by atoms with van der Waals surface area (Å²) in [7, 11) is 1.37. The first kappa shape index (κ1) is 10.5. The third-order valence-electron chi connectivity index (χ3n) is 2.42. The van der Waals surface area contributed by atoms with Gasteiger partial charge in [-0.15, -0.1) is 0 Å². The normalized spacial score (nSPS) is 26.8. The highest BCUT2D eigenvalue weighted by atomic mass is 16.5. The van der Waals surface area contributed by atoms with Gasteiger partial charge in [0.1, 0.15) is 0 Å². The van der Waals surface area contributed by atoms with Gasteiger partial charge in [-0.25, -0.2) is 0 Å². The Bertz CT molecular complexity index is 185. The topological polar surface area (TPSA) is 61.5 Å². The molecule has 0 saturated carbocycles. The van der Waals surface area contributed by atoms with Crippen LogP contribution in [-0.4, -0.2) is 31.3 Å². The second-order valence-electron chi connectivity index (χ2n) is 3.76. The van der Waals surface area contributed by atoms with Gasteiger partial charge < -0.3 is 15.2 Å². The second kappa shape index (κ2) is 4.07. The summed E-state index contributed by atoms with van der Waals surface area (Å²) in [5, 5.41) is 0. The maximum absolute atomic E-state index is 11.0. The Morgan fingerprint density at radius 3 is 2.92 bits per heavy atom. The maximum atomic E-state index is 11.0. The average Bonchev–Trinajstić information content (AvgIpc) is 2.55. The van der Waals surface area contributed by atoms with Gasteiger partial charge in [0.2, 0.25) is 0 Å². The van der Waals surface area contributed by atoms with Gasteiger partial charge in [-0.1, -0.05) is 0 Å². The van der Waals surface area contributed by atoms with Crippen molar-refractivity contribution in [3.63, 3.8) is 0 Å². The van der Waals surface area contributed by atoms with Crippen molar-refractivity contribution in [2.24, 2.45) is 5.73 Å². The van der Waals surface area contributed by atoms with Crippen molar-refractivity contribution in [2.75, 3.05) is 13.7 Å². The van der Waals surface area contributed by atoms with Crippen molar-refractivity contribution in [3.05, 3.63) is 0 Å². The smallest absolute Gasteiger partial charge is 0.307 e. The number of esters is 1. The molecule has 13 heavy (non-hydrogen) atoms. The lowest BCUT2D eigenvalue weighted by Gasteiger charge is -2.29. The Morgan fingerprint density at radius 1 is 1.77 bits per heavy atom. The molecule has 2 N–H and O–H groups in total. The molecule has 0 spiro atoms. The Balaban J connectivity index is 2.48. The van der Waals surface area contributed by atoms with Crippen LogP contribution in [0.3, 0.4) is 0 Å². The third-order valence-corrected chi connectivity index (χ3v) is 2.42. The predicted molar refractivity (Wildman–Crippen MR) is 48.2 cm³/mol. The summed E-state index contributed by atoms with van der Waals surface area (Å²) < 4.78 is 10.0. The minimum absolute atomic E-state index is 0.00778. The van der Waals surface area contributed by atoms with Crippen LogP contribution in [0.1, 0.15) is 26.2 Å². The van der Waals surface area contributed by atoms with Crippen molar-refractivity contribution in [3.8, 4) is 0 Å². The van der Waals surface area contributed by atoms with Gasteiger partial charge in [0.05, 0.1) is 19.6 Å². The molecule has 1 aliphatic rings. The summed E-state index contributed by atoms with van der Waals surface area (Å²) in [4.78, 5) is 11.0.